The van der Waals surface area contributed by atoms with Gasteiger partial charge in [-0.15, -0.1) is 0 Å². The van der Waals surface area contributed by atoms with E-state index in [4.69, 9.17) is 9.47 Å². The second kappa shape index (κ2) is 7.34. The molecule has 0 fully saturated rings. The van der Waals surface area contributed by atoms with Gasteiger partial charge < -0.3 is 14.0 Å². The van der Waals surface area contributed by atoms with Crippen molar-refractivity contribution in [3.63, 3.8) is 0 Å². The summed E-state index contributed by atoms with van der Waals surface area (Å²) in [5.41, 5.74) is 1.01. The molecule has 22 heavy (non-hydrogen) atoms. The number of nitrogens with zero attached hydrogens (tertiary/aromatic N) is 1. The van der Waals surface area contributed by atoms with Crippen molar-refractivity contribution in [1.29, 1.82) is 0 Å². The third-order valence-electron chi connectivity index (χ3n) is 3.70. The minimum absolute atomic E-state index is 0.188. The van der Waals surface area contributed by atoms with Crippen LogP contribution in [0.5, 0.6) is 5.75 Å². The van der Waals surface area contributed by atoms with Crippen molar-refractivity contribution >= 4 is 16.9 Å². The first-order chi connectivity index (χ1) is 10.5. The lowest BCUT2D eigenvalue weighted by atomic mass is 10.1. The molecule has 120 valence electrons. The lowest BCUT2D eigenvalue weighted by Crippen LogP contribution is -2.19. The van der Waals surface area contributed by atoms with Crippen molar-refractivity contribution in [3.8, 4) is 5.75 Å². The van der Waals surface area contributed by atoms with E-state index in [2.05, 4.69) is 13.8 Å². The predicted molar refractivity (Wildman–Crippen MR) is 88.2 cm³/mol. The maximum Gasteiger partial charge on any atom is 0.328 e. The summed E-state index contributed by atoms with van der Waals surface area (Å²) in [7, 11) is 0. The molecule has 4 heteroatoms. The zero-order chi connectivity index (χ0) is 16.1. The van der Waals surface area contributed by atoms with Gasteiger partial charge in [-0.25, -0.2) is 4.79 Å². The van der Waals surface area contributed by atoms with Crippen LogP contribution in [0.3, 0.4) is 0 Å². The van der Waals surface area contributed by atoms with Gasteiger partial charge in [0.15, 0.2) is 0 Å². The van der Waals surface area contributed by atoms with Gasteiger partial charge in [-0.1, -0.05) is 13.8 Å². The fraction of sp³-hybridized carbons (Fsp3) is 0.500. The van der Waals surface area contributed by atoms with Gasteiger partial charge in [0.05, 0.1) is 13.2 Å². The molecule has 0 aliphatic carbocycles. The average Bonchev–Trinajstić information content (AvgIpc) is 2.89. The topological polar surface area (TPSA) is 40.5 Å². The molecule has 4 nitrogen and oxygen atoms in total. The Morgan fingerprint density at radius 2 is 2.00 bits per heavy atom. The summed E-state index contributed by atoms with van der Waals surface area (Å²) in [6, 6.07) is 7.57. The fourth-order valence-electron chi connectivity index (χ4n) is 2.37. The number of carbonyl (C=O) groups is 1. The number of hydrogen-bond acceptors (Lipinski definition) is 3. The van der Waals surface area contributed by atoms with Crippen molar-refractivity contribution in [2.75, 3.05) is 13.2 Å². The van der Waals surface area contributed by atoms with E-state index in [-0.39, 0.29) is 12.0 Å². The number of rotatable bonds is 7. The van der Waals surface area contributed by atoms with Gasteiger partial charge in [0.1, 0.15) is 11.8 Å². The summed E-state index contributed by atoms with van der Waals surface area (Å²) in [6.07, 6.45) is 2.82. The van der Waals surface area contributed by atoms with Gasteiger partial charge in [-0.3, -0.25) is 0 Å². The maximum absolute atomic E-state index is 12.2. The van der Waals surface area contributed by atoms with Gasteiger partial charge >= 0.3 is 5.97 Å². The monoisotopic (exact) mass is 303 g/mol. The van der Waals surface area contributed by atoms with Gasteiger partial charge in [0, 0.05) is 17.1 Å². The molecule has 1 aromatic heterocycles. The normalized spacial score (nSPS) is 12.6. The molecular formula is C18H25NO3. The summed E-state index contributed by atoms with van der Waals surface area (Å²) in [5, 5.41) is 1.06. The molecule has 0 amide bonds. The van der Waals surface area contributed by atoms with Crippen LogP contribution in [0, 0.1) is 5.92 Å². The Hall–Kier alpha value is -1.97. The van der Waals surface area contributed by atoms with Gasteiger partial charge in [-0.2, -0.15) is 0 Å². The first-order valence-corrected chi connectivity index (χ1v) is 7.93. The molecule has 1 atom stereocenters. The van der Waals surface area contributed by atoms with Crippen LogP contribution in [0.2, 0.25) is 0 Å². The van der Waals surface area contributed by atoms with Crippen LogP contribution in [0.15, 0.2) is 30.5 Å². The van der Waals surface area contributed by atoms with E-state index in [0.29, 0.717) is 19.1 Å². The van der Waals surface area contributed by atoms with Crippen LogP contribution in [0.25, 0.3) is 10.9 Å². The standard InChI is InChI=1S/C18H25NO3/c1-5-21-16-6-7-17-15(12-16)8-10-19(17)14(4)18(20)22-11-9-13(2)3/h6-8,10,12-14H,5,9,11H2,1-4H3. The maximum atomic E-state index is 12.2. The molecule has 0 spiro atoms. The second-order valence-electron chi connectivity index (χ2n) is 5.90. The Kier molecular flexibility index (Phi) is 5.47. The SMILES string of the molecule is CCOc1ccc2c(ccn2C(C)C(=O)OCCC(C)C)c1. The highest BCUT2D eigenvalue weighted by atomic mass is 16.5. The molecule has 0 saturated carbocycles. The van der Waals surface area contributed by atoms with Crippen LogP contribution in [-0.2, 0) is 9.53 Å². The number of ether oxygens (including phenoxy) is 2. The first kappa shape index (κ1) is 16.4. The van der Waals surface area contributed by atoms with Gasteiger partial charge in [-0.05, 0) is 50.5 Å². The van der Waals surface area contributed by atoms with Crippen LogP contribution in [-0.4, -0.2) is 23.8 Å². The number of carbonyl (C=O) groups excluding carboxylic acids is 1. The summed E-state index contributed by atoms with van der Waals surface area (Å²) in [6.45, 7) is 9.19. The summed E-state index contributed by atoms with van der Waals surface area (Å²) < 4.78 is 12.8. The molecule has 0 N–H and O–H groups in total. The van der Waals surface area contributed by atoms with Crippen molar-refractivity contribution in [3.05, 3.63) is 30.5 Å². The molecule has 1 heterocycles. The van der Waals surface area contributed by atoms with Crippen LogP contribution in [0.1, 0.15) is 40.2 Å². The Balaban J connectivity index is 2.11. The Morgan fingerprint density at radius 1 is 1.23 bits per heavy atom. The third kappa shape index (κ3) is 3.81. The highest BCUT2D eigenvalue weighted by Crippen LogP contribution is 2.25. The van der Waals surface area contributed by atoms with E-state index in [1.807, 2.05) is 48.9 Å². The van der Waals surface area contributed by atoms with Crippen LogP contribution >= 0.6 is 0 Å². The number of fused-ring (bicyclic) bond motifs is 1. The second-order valence-corrected chi connectivity index (χ2v) is 5.90. The van der Waals surface area contributed by atoms with Crippen molar-refractivity contribution < 1.29 is 14.3 Å². The molecule has 0 radical (unpaired) electrons. The lowest BCUT2D eigenvalue weighted by molar-refractivity contribution is -0.147. The highest BCUT2D eigenvalue weighted by Gasteiger charge is 2.18. The molecular weight excluding hydrogens is 278 g/mol. The van der Waals surface area contributed by atoms with E-state index >= 15 is 0 Å². The quantitative estimate of drug-likeness (QED) is 0.720. The molecule has 1 unspecified atom stereocenters. The number of hydrogen-bond donors (Lipinski definition) is 0. The zero-order valence-electron chi connectivity index (χ0n) is 13.8. The van der Waals surface area contributed by atoms with Crippen molar-refractivity contribution in [2.24, 2.45) is 5.92 Å². The summed E-state index contributed by atoms with van der Waals surface area (Å²) in [4.78, 5) is 12.2. The van der Waals surface area contributed by atoms with Gasteiger partial charge in [0.25, 0.3) is 0 Å². The number of esters is 1. The highest BCUT2D eigenvalue weighted by molar-refractivity contribution is 5.84. The van der Waals surface area contributed by atoms with Crippen molar-refractivity contribution in [1.82, 2.24) is 4.57 Å². The minimum atomic E-state index is -0.331. The zero-order valence-corrected chi connectivity index (χ0v) is 13.8. The number of benzene rings is 1. The van der Waals surface area contributed by atoms with E-state index in [1.54, 1.807) is 0 Å². The first-order valence-electron chi connectivity index (χ1n) is 7.93. The molecule has 0 bridgehead atoms. The summed E-state index contributed by atoms with van der Waals surface area (Å²) in [5.74, 6) is 1.19. The Bertz CT molecular complexity index is 630. The lowest BCUT2D eigenvalue weighted by Gasteiger charge is -2.15. The Morgan fingerprint density at radius 3 is 2.68 bits per heavy atom. The van der Waals surface area contributed by atoms with Gasteiger partial charge in [0.2, 0.25) is 0 Å². The van der Waals surface area contributed by atoms with Crippen molar-refractivity contribution in [2.45, 2.75) is 40.2 Å². The molecule has 2 aromatic rings. The Labute approximate surface area is 132 Å². The molecule has 0 aliphatic rings. The molecule has 0 aliphatic heterocycles. The molecule has 2 rings (SSSR count). The van der Waals surface area contributed by atoms with E-state index < -0.39 is 0 Å². The molecule has 1 aromatic carbocycles. The van der Waals surface area contributed by atoms with Crippen LogP contribution in [0.4, 0.5) is 0 Å². The third-order valence-corrected chi connectivity index (χ3v) is 3.70. The molecule has 0 saturated heterocycles. The van der Waals surface area contributed by atoms with E-state index in [9.17, 15) is 4.79 Å². The van der Waals surface area contributed by atoms with Crippen LogP contribution < -0.4 is 4.74 Å². The summed E-state index contributed by atoms with van der Waals surface area (Å²) >= 11 is 0. The largest absolute Gasteiger partial charge is 0.494 e. The van der Waals surface area contributed by atoms with E-state index in [1.165, 1.54) is 0 Å². The average molecular weight is 303 g/mol. The smallest absolute Gasteiger partial charge is 0.328 e. The van der Waals surface area contributed by atoms with E-state index in [0.717, 1.165) is 23.1 Å². The fourth-order valence-corrected chi connectivity index (χ4v) is 2.37. The predicted octanol–water partition coefficient (Wildman–Crippen LogP) is 4.19. The minimum Gasteiger partial charge on any atom is -0.494 e. The number of aromatic nitrogens is 1.